The lowest BCUT2D eigenvalue weighted by Gasteiger charge is -2.38. The van der Waals surface area contributed by atoms with Crippen LogP contribution < -0.4 is 21.3 Å². The molecule has 5 atom stereocenters. The number of nitrogens with zero attached hydrogens (tertiary/aromatic N) is 1. The normalized spacial score (nSPS) is 22.1. The number of Topliss-reactive ketones (excluding diaryl/α,β-unsaturated/α-hetero) is 1. The Morgan fingerprint density at radius 2 is 1.60 bits per heavy atom. The van der Waals surface area contributed by atoms with Crippen LogP contribution >= 0.6 is 0 Å². The molecule has 2 fully saturated rings. The Morgan fingerprint density at radius 3 is 2.12 bits per heavy atom. The molecule has 42 heavy (non-hydrogen) atoms. The molecule has 2 rings (SSSR count). The van der Waals surface area contributed by atoms with Gasteiger partial charge in [0, 0.05) is 26.6 Å². The fourth-order valence-electron chi connectivity index (χ4n) is 5.52. The first-order valence-electron chi connectivity index (χ1n) is 14.5. The van der Waals surface area contributed by atoms with Gasteiger partial charge >= 0.3 is 6.09 Å². The third-order valence-electron chi connectivity index (χ3n) is 7.83. The molecule has 1 aliphatic carbocycles. The topological polar surface area (TPSA) is 163 Å². The van der Waals surface area contributed by atoms with Crippen LogP contribution in [-0.2, 0) is 28.7 Å². The molecule has 1 saturated carbocycles. The number of nitrogens with one attached hydrogen (secondary N) is 4. The average molecular weight is 592 g/mol. The summed E-state index contributed by atoms with van der Waals surface area (Å²) in [5.41, 5.74) is -1.66. The second-order valence-electron chi connectivity index (χ2n) is 13.9. The number of allylic oxidation sites excluding steroid dienone is 1. The number of rotatable bonds is 12. The van der Waals surface area contributed by atoms with Gasteiger partial charge in [-0.05, 0) is 56.3 Å². The van der Waals surface area contributed by atoms with Crippen molar-refractivity contribution in [1.82, 2.24) is 26.2 Å². The first-order chi connectivity index (χ1) is 19.2. The van der Waals surface area contributed by atoms with E-state index < -0.39 is 58.7 Å². The van der Waals surface area contributed by atoms with E-state index in [0.29, 0.717) is 13.0 Å². The van der Waals surface area contributed by atoms with Crippen LogP contribution in [0.4, 0.5) is 4.79 Å². The van der Waals surface area contributed by atoms with Crippen molar-refractivity contribution in [3.05, 3.63) is 12.7 Å². The average Bonchev–Trinajstić information content (AvgIpc) is 3.18. The van der Waals surface area contributed by atoms with Crippen molar-refractivity contribution in [2.24, 2.45) is 22.7 Å². The Hall–Kier alpha value is -3.44. The number of hydrogen-bond donors (Lipinski definition) is 4. The molecular weight excluding hydrogens is 542 g/mol. The van der Waals surface area contributed by atoms with Crippen LogP contribution in [0.3, 0.4) is 0 Å². The summed E-state index contributed by atoms with van der Waals surface area (Å²) < 4.78 is 5.40. The maximum atomic E-state index is 14.0. The lowest BCUT2D eigenvalue weighted by atomic mass is 9.85. The van der Waals surface area contributed by atoms with Gasteiger partial charge in [-0.2, -0.15) is 0 Å². The van der Waals surface area contributed by atoms with Gasteiger partial charge in [0.05, 0.1) is 6.04 Å². The zero-order valence-electron chi connectivity index (χ0n) is 26.5. The molecule has 4 N–H and O–H groups in total. The number of ether oxygens (including phenoxy) is 1. The summed E-state index contributed by atoms with van der Waals surface area (Å²) in [4.78, 5) is 78.6. The summed E-state index contributed by atoms with van der Waals surface area (Å²) in [6.45, 7) is 20.2. The van der Waals surface area contributed by atoms with Gasteiger partial charge in [-0.1, -0.05) is 40.7 Å². The molecule has 0 aromatic carbocycles. The van der Waals surface area contributed by atoms with Crippen molar-refractivity contribution in [3.8, 4) is 0 Å². The predicted octanol–water partition coefficient (Wildman–Crippen LogP) is 1.68. The standard InChI is InChI=1S/C30H49N5O7/c1-11-12-13-19(22(37)25(39)32-15-14-31-17(2)36)33-24(38)21-20-18(30(20,9)10)16-35(21)26(40)23(28(3,4)5)34-27(41)42-29(6,7)8/h11,18-21,23H,1,12-16H2,2-10H3,(H,31,36)(H,32,39)(H,33,38)(H,34,41)/t18-,19-,20-,21?,23+/m0/s1. The van der Waals surface area contributed by atoms with Crippen LogP contribution in [0.25, 0.3) is 0 Å². The number of ketones is 1. The molecule has 236 valence electrons. The Balaban J connectivity index is 2.26. The quantitative estimate of drug-likeness (QED) is 0.152. The lowest BCUT2D eigenvalue weighted by Crippen LogP contribution is -2.60. The number of carbonyl (C=O) groups is 6. The highest BCUT2D eigenvalue weighted by atomic mass is 16.6. The molecule has 0 aromatic heterocycles. The molecule has 0 aromatic rings. The number of likely N-dealkylation sites (tertiary alicyclic amines) is 1. The maximum absolute atomic E-state index is 14.0. The van der Waals surface area contributed by atoms with Gasteiger partial charge in [0.1, 0.15) is 17.7 Å². The molecule has 1 aliphatic heterocycles. The molecule has 1 heterocycles. The Labute approximate surface area is 249 Å². The summed E-state index contributed by atoms with van der Waals surface area (Å²) in [7, 11) is 0. The van der Waals surface area contributed by atoms with Crippen LogP contribution in [0.5, 0.6) is 0 Å². The first-order valence-corrected chi connectivity index (χ1v) is 14.5. The molecule has 0 bridgehead atoms. The van der Waals surface area contributed by atoms with Gasteiger partial charge < -0.3 is 30.9 Å². The Bertz CT molecular complexity index is 1090. The second-order valence-corrected chi connectivity index (χ2v) is 13.9. The van der Waals surface area contributed by atoms with E-state index in [1.54, 1.807) is 26.8 Å². The van der Waals surface area contributed by atoms with Crippen molar-refractivity contribution < 1.29 is 33.5 Å². The van der Waals surface area contributed by atoms with Gasteiger partial charge in [-0.15, -0.1) is 6.58 Å². The zero-order chi connectivity index (χ0) is 32.2. The van der Waals surface area contributed by atoms with Crippen LogP contribution in [0, 0.1) is 22.7 Å². The minimum absolute atomic E-state index is 0.0496. The third kappa shape index (κ3) is 8.78. The van der Waals surface area contributed by atoms with Gasteiger partial charge in [-0.25, -0.2) is 4.79 Å². The minimum Gasteiger partial charge on any atom is -0.444 e. The van der Waals surface area contributed by atoms with Gasteiger partial charge in [0.15, 0.2) is 0 Å². The fraction of sp³-hybridized carbons (Fsp3) is 0.733. The molecule has 2 aliphatic rings. The number of carbonyl (C=O) groups excluding carboxylic acids is 6. The van der Waals surface area contributed by atoms with E-state index in [4.69, 9.17) is 4.74 Å². The van der Waals surface area contributed by atoms with E-state index in [1.807, 2.05) is 34.6 Å². The Morgan fingerprint density at radius 1 is 1.00 bits per heavy atom. The van der Waals surface area contributed by atoms with Gasteiger partial charge in [0.2, 0.25) is 23.5 Å². The van der Waals surface area contributed by atoms with Crippen molar-refractivity contribution in [2.75, 3.05) is 19.6 Å². The Kier molecular flexibility index (Phi) is 11.0. The van der Waals surface area contributed by atoms with Gasteiger partial charge in [0.25, 0.3) is 5.91 Å². The third-order valence-corrected chi connectivity index (χ3v) is 7.83. The molecule has 1 unspecified atom stereocenters. The highest BCUT2D eigenvalue weighted by Crippen LogP contribution is 2.65. The molecule has 5 amide bonds. The van der Waals surface area contributed by atoms with E-state index >= 15 is 0 Å². The molecular formula is C30H49N5O7. The van der Waals surface area contributed by atoms with E-state index in [9.17, 15) is 28.8 Å². The lowest BCUT2D eigenvalue weighted by molar-refractivity contribution is -0.145. The molecule has 0 spiro atoms. The monoisotopic (exact) mass is 591 g/mol. The molecule has 12 nitrogen and oxygen atoms in total. The molecule has 1 saturated heterocycles. The van der Waals surface area contributed by atoms with E-state index in [2.05, 4.69) is 27.8 Å². The first kappa shape index (κ1) is 34.8. The zero-order valence-corrected chi connectivity index (χ0v) is 26.5. The minimum atomic E-state index is -1.13. The van der Waals surface area contributed by atoms with Crippen LogP contribution in [0.1, 0.15) is 75.2 Å². The second kappa shape index (κ2) is 13.2. The predicted molar refractivity (Wildman–Crippen MR) is 157 cm³/mol. The fourth-order valence-corrected chi connectivity index (χ4v) is 5.52. The molecule has 12 heteroatoms. The summed E-state index contributed by atoms with van der Waals surface area (Å²) in [5, 5.41) is 10.4. The van der Waals surface area contributed by atoms with Crippen LogP contribution in [-0.4, -0.2) is 83.8 Å². The van der Waals surface area contributed by atoms with Crippen LogP contribution in [0.2, 0.25) is 0 Å². The summed E-state index contributed by atoms with van der Waals surface area (Å²) in [5.74, 6) is -2.99. The van der Waals surface area contributed by atoms with E-state index in [-0.39, 0.29) is 42.7 Å². The van der Waals surface area contributed by atoms with Crippen molar-refractivity contribution >= 4 is 35.5 Å². The largest absolute Gasteiger partial charge is 0.444 e. The summed E-state index contributed by atoms with van der Waals surface area (Å²) in [6, 6.07) is -2.99. The summed E-state index contributed by atoms with van der Waals surface area (Å²) >= 11 is 0. The van der Waals surface area contributed by atoms with E-state index in [1.165, 1.54) is 11.8 Å². The highest BCUT2D eigenvalue weighted by Gasteiger charge is 2.70. The van der Waals surface area contributed by atoms with Crippen molar-refractivity contribution in [2.45, 2.75) is 98.9 Å². The number of piperidine rings is 1. The maximum Gasteiger partial charge on any atom is 0.408 e. The van der Waals surface area contributed by atoms with Crippen molar-refractivity contribution in [1.29, 1.82) is 0 Å². The number of hydrogen-bond acceptors (Lipinski definition) is 7. The van der Waals surface area contributed by atoms with Gasteiger partial charge in [-0.3, -0.25) is 24.0 Å². The summed E-state index contributed by atoms with van der Waals surface area (Å²) in [6.07, 6.45) is 1.37. The van der Waals surface area contributed by atoms with Crippen LogP contribution in [0.15, 0.2) is 12.7 Å². The highest BCUT2D eigenvalue weighted by molar-refractivity contribution is 6.38. The SMILES string of the molecule is C=CCC[C@H](NC(=O)C1[C@@H]2[C@H](CN1C(=O)[C@@H](NC(=O)OC(C)(C)C)C(C)(C)C)C2(C)C)C(=O)C(=O)NCCNC(C)=O. The number of amides is 5. The van der Waals surface area contributed by atoms with Crippen molar-refractivity contribution in [3.63, 3.8) is 0 Å². The van der Waals surface area contributed by atoms with E-state index in [0.717, 1.165) is 0 Å². The molecule has 0 radical (unpaired) electrons. The number of fused-ring (bicyclic) bond motifs is 1. The smallest absolute Gasteiger partial charge is 0.408 e. The number of alkyl carbamates (subject to hydrolysis) is 1.